The van der Waals surface area contributed by atoms with Crippen LogP contribution in [0.2, 0.25) is 5.02 Å². The molecule has 2 fully saturated rings. The Morgan fingerprint density at radius 1 is 1.06 bits per heavy atom. The highest BCUT2D eigenvalue weighted by molar-refractivity contribution is 7.80. The van der Waals surface area contributed by atoms with E-state index in [1.807, 2.05) is 32.0 Å². The van der Waals surface area contributed by atoms with E-state index in [0.29, 0.717) is 23.9 Å². The Morgan fingerprint density at radius 2 is 1.81 bits per heavy atom. The van der Waals surface area contributed by atoms with Gasteiger partial charge in [-0.15, -0.1) is 0 Å². The largest absolute Gasteiger partial charge is 0.378 e. The van der Waals surface area contributed by atoms with Gasteiger partial charge in [0.1, 0.15) is 5.57 Å². The van der Waals surface area contributed by atoms with Crippen molar-refractivity contribution in [3.05, 3.63) is 63.7 Å². The molecule has 4 rings (SSSR count). The molecule has 2 saturated heterocycles. The van der Waals surface area contributed by atoms with Crippen molar-refractivity contribution in [1.82, 2.24) is 5.32 Å². The quantitative estimate of drug-likeness (QED) is 0.435. The van der Waals surface area contributed by atoms with Crippen molar-refractivity contribution in [1.29, 1.82) is 0 Å². The van der Waals surface area contributed by atoms with Crippen LogP contribution in [0.3, 0.4) is 0 Å². The van der Waals surface area contributed by atoms with Crippen molar-refractivity contribution in [2.45, 2.75) is 13.8 Å². The molecule has 160 valence electrons. The summed E-state index contributed by atoms with van der Waals surface area (Å²) in [5.74, 6) is -0.997. The lowest BCUT2D eigenvalue weighted by atomic mass is 10.0. The van der Waals surface area contributed by atoms with Gasteiger partial charge < -0.3 is 9.64 Å². The first-order valence-corrected chi connectivity index (χ1v) is 10.7. The average molecular weight is 456 g/mol. The van der Waals surface area contributed by atoms with E-state index < -0.39 is 11.8 Å². The van der Waals surface area contributed by atoms with Gasteiger partial charge in [-0.25, -0.2) is 0 Å². The van der Waals surface area contributed by atoms with Crippen LogP contribution < -0.4 is 15.1 Å². The molecule has 0 spiro atoms. The van der Waals surface area contributed by atoms with Gasteiger partial charge in [0.25, 0.3) is 11.8 Å². The molecule has 0 aliphatic carbocycles. The summed E-state index contributed by atoms with van der Waals surface area (Å²) in [6, 6.07) is 11.1. The van der Waals surface area contributed by atoms with Gasteiger partial charge in [-0.05, 0) is 73.1 Å². The van der Waals surface area contributed by atoms with Gasteiger partial charge >= 0.3 is 0 Å². The highest BCUT2D eigenvalue weighted by atomic mass is 35.5. The molecule has 2 aromatic rings. The Morgan fingerprint density at radius 3 is 2.48 bits per heavy atom. The molecule has 2 aromatic carbocycles. The van der Waals surface area contributed by atoms with Gasteiger partial charge in [0.15, 0.2) is 5.11 Å². The molecule has 2 heterocycles. The highest BCUT2D eigenvalue weighted by Gasteiger charge is 2.34. The van der Waals surface area contributed by atoms with E-state index in [1.165, 1.54) is 4.90 Å². The molecule has 0 unspecified atom stereocenters. The lowest BCUT2D eigenvalue weighted by Gasteiger charge is -2.30. The molecule has 0 bridgehead atoms. The van der Waals surface area contributed by atoms with Crippen LogP contribution in [0.1, 0.15) is 16.7 Å². The summed E-state index contributed by atoms with van der Waals surface area (Å²) in [5.41, 5.74) is 4.37. The van der Waals surface area contributed by atoms with E-state index in [-0.39, 0.29) is 10.7 Å². The van der Waals surface area contributed by atoms with E-state index in [1.54, 1.807) is 24.3 Å². The molecule has 31 heavy (non-hydrogen) atoms. The van der Waals surface area contributed by atoms with Gasteiger partial charge in [-0.3, -0.25) is 19.8 Å². The van der Waals surface area contributed by atoms with Crippen molar-refractivity contribution >= 4 is 58.2 Å². The maximum Gasteiger partial charge on any atom is 0.270 e. The number of aryl methyl sites for hydroxylation is 2. The number of anilines is 2. The SMILES string of the molecule is Cc1ccc(N2C(=O)/C(=C/c3ccc(N4CCOCC4)c(C)c3)C(=O)NC2=S)cc1Cl. The van der Waals surface area contributed by atoms with Crippen LogP contribution in [-0.4, -0.2) is 43.2 Å². The van der Waals surface area contributed by atoms with E-state index in [9.17, 15) is 9.59 Å². The van der Waals surface area contributed by atoms with Crippen LogP contribution in [0.4, 0.5) is 11.4 Å². The fraction of sp³-hybridized carbons (Fsp3) is 0.261. The minimum atomic E-state index is -0.514. The fourth-order valence-corrected chi connectivity index (χ4v) is 4.16. The van der Waals surface area contributed by atoms with Crippen molar-refractivity contribution in [3.8, 4) is 0 Å². The third kappa shape index (κ3) is 4.35. The minimum Gasteiger partial charge on any atom is -0.378 e. The maximum absolute atomic E-state index is 13.2. The maximum atomic E-state index is 13.2. The van der Waals surface area contributed by atoms with E-state index in [0.717, 1.165) is 35.5 Å². The molecule has 2 aliphatic heterocycles. The number of ether oxygens (including phenoxy) is 1. The second-order valence-corrected chi connectivity index (χ2v) is 8.33. The summed E-state index contributed by atoms with van der Waals surface area (Å²) in [6.07, 6.45) is 1.60. The molecule has 6 nitrogen and oxygen atoms in total. The van der Waals surface area contributed by atoms with Crippen molar-refractivity contribution in [2.24, 2.45) is 0 Å². The Labute approximate surface area is 191 Å². The predicted octanol–water partition coefficient (Wildman–Crippen LogP) is 3.62. The molecule has 1 N–H and O–H groups in total. The number of thiocarbonyl (C=S) groups is 1. The molecule has 0 atom stereocenters. The van der Waals surface area contributed by atoms with Crippen LogP contribution in [0.15, 0.2) is 42.0 Å². The Kier molecular flexibility index (Phi) is 6.09. The van der Waals surface area contributed by atoms with Gasteiger partial charge in [-0.2, -0.15) is 0 Å². The Balaban J connectivity index is 1.65. The number of rotatable bonds is 3. The average Bonchev–Trinajstić information content (AvgIpc) is 2.74. The van der Waals surface area contributed by atoms with Gasteiger partial charge in [0, 0.05) is 23.8 Å². The molecule has 2 aliphatic rings. The molecule has 8 heteroatoms. The van der Waals surface area contributed by atoms with E-state index >= 15 is 0 Å². The molecule has 2 amide bonds. The van der Waals surface area contributed by atoms with Crippen LogP contribution >= 0.6 is 23.8 Å². The van der Waals surface area contributed by atoms with E-state index in [2.05, 4.69) is 10.2 Å². The standard InChI is InChI=1S/C23H22ClN3O3S/c1-14-3-5-17(13-19(14)24)27-22(29)18(21(28)25-23(27)31)12-16-4-6-20(15(2)11-16)26-7-9-30-10-8-26/h3-6,11-13H,7-10H2,1-2H3,(H,25,28,31)/b18-12+. The fourth-order valence-electron chi connectivity index (χ4n) is 3.71. The zero-order chi connectivity index (χ0) is 22.1. The smallest absolute Gasteiger partial charge is 0.270 e. The number of amides is 2. The lowest BCUT2D eigenvalue weighted by Crippen LogP contribution is -2.54. The number of carbonyl (C=O) groups is 2. The second kappa shape index (κ2) is 8.78. The first-order chi connectivity index (χ1) is 14.8. The van der Waals surface area contributed by atoms with E-state index in [4.69, 9.17) is 28.6 Å². The number of halogens is 1. The topological polar surface area (TPSA) is 61.9 Å². The highest BCUT2D eigenvalue weighted by Crippen LogP contribution is 2.28. The summed E-state index contributed by atoms with van der Waals surface area (Å²) in [4.78, 5) is 29.3. The van der Waals surface area contributed by atoms with Crippen molar-refractivity contribution in [3.63, 3.8) is 0 Å². The molecule has 0 radical (unpaired) electrons. The number of hydrogen-bond donors (Lipinski definition) is 1. The van der Waals surface area contributed by atoms with Crippen LogP contribution in [-0.2, 0) is 14.3 Å². The Hall–Kier alpha value is -2.74. The van der Waals surface area contributed by atoms with Crippen molar-refractivity contribution in [2.75, 3.05) is 36.1 Å². The minimum absolute atomic E-state index is 0.0174. The summed E-state index contributed by atoms with van der Waals surface area (Å²) < 4.78 is 5.42. The number of nitrogens with one attached hydrogen (secondary N) is 1. The second-order valence-electron chi connectivity index (χ2n) is 7.54. The lowest BCUT2D eigenvalue weighted by molar-refractivity contribution is -0.122. The number of nitrogens with zero attached hydrogens (tertiary/aromatic N) is 2. The predicted molar refractivity (Wildman–Crippen MR) is 127 cm³/mol. The zero-order valence-corrected chi connectivity index (χ0v) is 18.8. The normalized spacial score (nSPS) is 18.5. The third-order valence-corrected chi connectivity index (χ3v) is 6.09. The van der Waals surface area contributed by atoms with Gasteiger partial charge in [0.2, 0.25) is 0 Å². The van der Waals surface area contributed by atoms with Gasteiger partial charge in [0.05, 0.1) is 18.9 Å². The number of hydrogen-bond acceptors (Lipinski definition) is 5. The number of carbonyl (C=O) groups excluding carboxylic acids is 2. The van der Waals surface area contributed by atoms with Crippen LogP contribution in [0.5, 0.6) is 0 Å². The summed E-state index contributed by atoms with van der Waals surface area (Å²) >= 11 is 11.5. The molecule has 0 aromatic heterocycles. The van der Waals surface area contributed by atoms with Crippen LogP contribution in [0, 0.1) is 13.8 Å². The molecule has 0 saturated carbocycles. The number of morpholine rings is 1. The zero-order valence-electron chi connectivity index (χ0n) is 17.3. The third-order valence-electron chi connectivity index (χ3n) is 5.40. The molecular formula is C23H22ClN3O3S. The first-order valence-electron chi connectivity index (χ1n) is 9.96. The first kappa shape index (κ1) is 21.5. The van der Waals surface area contributed by atoms with Crippen molar-refractivity contribution < 1.29 is 14.3 Å². The van der Waals surface area contributed by atoms with Gasteiger partial charge in [-0.1, -0.05) is 23.7 Å². The van der Waals surface area contributed by atoms with Crippen LogP contribution in [0.25, 0.3) is 6.08 Å². The monoisotopic (exact) mass is 455 g/mol. The Bertz CT molecular complexity index is 1110. The summed E-state index contributed by atoms with van der Waals surface area (Å²) in [6.45, 7) is 6.99. The molecular weight excluding hydrogens is 434 g/mol. The summed E-state index contributed by atoms with van der Waals surface area (Å²) in [7, 11) is 0. The summed E-state index contributed by atoms with van der Waals surface area (Å²) in [5, 5.41) is 3.16. The number of benzene rings is 2.